The molecule has 1 aromatic rings. The van der Waals surface area contributed by atoms with Crippen LogP contribution in [0.25, 0.3) is 0 Å². The van der Waals surface area contributed by atoms with Crippen molar-refractivity contribution in [1.29, 1.82) is 0 Å². The van der Waals surface area contributed by atoms with Crippen molar-refractivity contribution in [3.63, 3.8) is 0 Å². The Kier molecular flexibility index (Phi) is 6.31. The maximum Gasteiger partial charge on any atom is 0.290 e. The summed E-state index contributed by atoms with van der Waals surface area (Å²) in [6.07, 6.45) is 0.623. The molecule has 0 aromatic heterocycles. The smallest absolute Gasteiger partial charge is 0.290 e. The van der Waals surface area contributed by atoms with Gasteiger partial charge in [-0.15, -0.1) is 0 Å². The Balaban J connectivity index is 1.98. The molecular formula is C13H19ClN4O4S. The summed E-state index contributed by atoms with van der Waals surface area (Å²) in [6, 6.07) is 3.80. The van der Waals surface area contributed by atoms with Gasteiger partial charge in [0.2, 0.25) is 10.0 Å². The van der Waals surface area contributed by atoms with Crippen LogP contribution in [0, 0.1) is 10.1 Å². The number of benzene rings is 1. The number of rotatable bonds is 7. The third kappa shape index (κ3) is 4.85. The summed E-state index contributed by atoms with van der Waals surface area (Å²) in [4.78, 5) is 12.0. The van der Waals surface area contributed by atoms with Crippen LogP contribution in [0.2, 0.25) is 5.02 Å². The predicted molar refractivity (Wildman–Crippen MR) is 87.2 cm³/mol. The molecule has 1 fully saturated rings. The molecule has 1 saturated heterocycles. The highest BCUT2D eigenvalue weighted by molar-refractivity contribution is 7.89. The van der Waals surface area contributed by atoms with Crippen molar-refractivity contribution in [3.8, 4) is 0 Å². The van der Waals surface area contributed by atoms with E-state index in [1.165, 1.54) is 12.1 Å². The molecule has 2 rings (SSSR count). The first-order valence-electron chi connectivity index (χ1n) is 7.27. The van der Waals surface area contributed by atoms with Gasteiger partial charge in [-0.05, 0) is 19.0 Å². The van der Waals surface area contributed by atoms with Gasteiger partial charge in [-0.25, -0.2) is 13.1 Å². The lowest BCUT2D eigenvalue weighted by atomic mass is 10.3. The van der Waals surface area contributed by atoms with E-state index in [0.717, 1.165) is 38.8 Å². The molecule has 0 aliphatic carbocycles. The van der Waals surface area contributed by atoms with Crippen molar-refractivity contribution in [1.82, 2.24) is 14.9 Å². The third-order valence-corrected chi connectivity index (χ3v) is 5.54. The number of nitrogens with zero attached hydrogens (tertiary/aromatic N) is 2. The number of piperazine rings is 1. The van der Waals surface area contributed by atoms with Crippen molar-refractivity contribution in [2.45, 2.75) is 11.3 Å². The van der Waals surface area contributed by atoms with Gasteiger partial charge in [0.15, 0.2) is 4.90 Å². The molecule has 8 nitrogen and oxygen atoms in total. The van der Waals surface area contributed by atoms with E-state index in [9.17, 15) is 18.5 Å². The SMILES string of the molecule is O=[N+]([O-])c1cccc(Cl)c1S(=O)(=O)NCCCN1CCNCC1. The lowest BCUT2D eigenvalue weighted by Crippen LogP contribution is -2.44. The highest BCUT2D eigenvalue weighted by Gasteiger charge is 2.28. The van der Waals surface area contributed by atoms with Gasteiger partial charge in [-0.3, -0.25) is 10.1 Å². The van der Waals surface area contributed by atoms with Gasteiger partial charge >= 0.3 is 0 Å². The van der Waals surface area contributed by atoms with Gasteiger partial charge in [0.25, 0.3) is 5.69 Å². The minimum atomic E-state index is -4.02. The molecule has 2 N–H and O–H groups in total. The van der Waals surface area contributed by atoms with Gasteiger partial charge in [-0.1, -0.05) is 17.7 Å². The van der Waals surface area contributed by atoms with Crippen LogP contribution in [-0.2, 0) is 10.0 Å². The molecule has 0 atom stereocenters. The fraction of sp³-hybridized carbons (Fsp3) is 0.538. The maximum atomic E-state index is 12.3. The molecule has 1 heterocycles. The summed E-state index contributed by atoms with van der Waals surface area (Å²) in [5.41, 5.74) is -0.521. The molecule has 23 heavy (non-hydrogen) atoms. The Morgan fingerprint density at radius 3 is 2.70 bits per heavy atom. The number of nitro groups is 1. The zero-order valence-electron chi connectivity index (χ0n) is 12.5. The summed E-state index contributed by atoms with van der Waals surface area (Å²) < 4.78 is 27.0. The van der Waals surface area contributed by atoms with Gasteiger partial charge in [0.05, 0.1) is 9.95 Å². The number of hydrogen-bond acceptors (Lipinski definition) is 6. The molecule has 0 spiro atoms. The fourth-order valence-electron chi connectivity index (χ4n) is 2.42. The molecule has 0 radical (unpaired) electrons. The van der Waals surface area contributed by atoms with E-state index in [0.29, 0.717) is 6.42 Å². The van der Waals surface area contributed by atoms with Crippen molar-refractivity contribution in [2.75, 3.05) is 39.3 Å². The van der Waals surface area contributed by atoms with E-state index < -0.39 is 25.5 Å². The Morgan fingerprint density at radius 1 is 1.35 bits per heavy atom. The monoisotopic (exact) mass is 362 g/mol. The van der Waals surface area contributed by atoms with Crippen LogP contribution in [-0.4, -0.2) is 57.5 Å². The van der Waals surface area contributed by atoms with Crippen LogP contribution < -0.4 is 10.0 Å². The molecule has 0 unspecified atom stereocenters. The zero-order valence-corrected chi connectivity index (χ0v) is 14.1. The van der Waals surface area contributed by atoms with Crippen LogP contribution in [0.3, 0.4) is 0 Å². The second-order valence-corrected chi connectivity index (χ2v) is 7.30. The average molecular weight is 363 g/mol. The lowest BCUT2D eigenvalue weighted by molar-refractivity contribution is -0.387. The van der Waals surface area contributed by atoms with Crippen molar-refractivity contribution in [3.05, 3.63) is 33.3 Å². The van der Waals surface area contributed by atoms with Gasteiger partial charge in [-0.2, -0.15) is 0 Å². The quantitative estimate of drug-likeness (QED) is 0.423. The van der Waals surface area contributed by atoms with Gasteiger partial charge in [0, 0.05) is 38.8 Å². The summed E-state index contributed by atoms with van der Waals surface area (Å²) in [5, 5.41) is 14.1. The zero-order chi connectivity index (χ0) is 16.9. The first kappa shape index (κ1) is 18.1. The molecule has 0 amide bonds. The highest BCUT2D eigenvalue weighted by Crippen LogP contribution is 2.30. The van der Waals surface area contributed by atoms with E-state index in [4.69, 9.17) is 11.6 Å². The number of nitro benzene ring substituents is 1. The molecular weight excluding hydrogens is 344 g/mol. The van der Waals surface area contributed by atoms with Gasteiger partial charge < -0.3 is 10.2 Å². The first-order valence-corrected chi connectivity index (χ1v) is 9.13. The number of nitrogens with one attached hydrogen (secondary N) is 2. The summed E-state index contributed by atoms with van der Waals surface area (Å²) in [6.45, 7) is 4.70. The number of hydrogen-bond donors (Lipinski definition) is 2. The second-order valence-electron chi connectivity index (χ2n) is 5.19. The highest BCUT2D eigenvalue weighted by atomic mass is 35.5. The van der Waals surface area contributed by atoms with Crippen LogP contribution >= 0.6 is 11.6 Å². The minimum absolute atomic E-state index is 0.159. The minimum Gasteiger partial charge on any atom is -0.314 e. The molecule has 1 aromatic carbocycles. The fourth-order valence-corrected chi connectivity index (χ4v) is 4.20. The molecule has 1 aliphatic rings. The lowest BCUT2D eigenvalue weighted by Gasteiger charge is -2.27. The second kappa shape index (κ2) is 8.02. The average Bonchev–Trinajstić information content (AvgIpc) is 2.52. The Labute approximate surface area is 140 Å². The largest absolute Gasteiger partial charge is 0.314 e. The topological polar surface area (TPSA) is 105 Å². The molecule has 10 heteroatoms. The van der Waals surface area contributed by atoms with Crippen LogP contribution in [0.4, 0.5) is 5.69 Å². The van der Waals surface area contributed by atoms with Crippen LogP contribution in [0.1, 0.15) is 6.42 Å². The molecule has 0 saturated carbocycles. The Morgan fingerprint density at radius 2 is 2.04 bits per heavy atom. The standard InChI is InChI=1S/C13H19ClN4O4S/c14-11-3-1-4-12(18(19)20)13(11)23(21,22)16-5-2-8-17-9-6-15-7-10-17/h1,3-4,15-16H,2,5-10H2. The number of halogens is 1. The van der Waals surface area contributed by atoms with E-state index in [-0.39, 0.29) is 11.6 Å². The third-order valence-electron chi connectivity index (χ3n) is 3.56. The first-order chi connectivity index (χ1) is 10.9. The molecule has 0 bridgehead atoms. The van der Waals surface area contributed by atoms with Crippen LogP contribution in [0.15, 0.2) is 23.1 Å². The molecule has 1 aliphatic heterocycles. The van der Waals surface area contributed by atoms with Gasteiger partial charge in [0.1, 0.15) is 0 Å². The maximum absolute atomic E-state index is 12.3. The summed E-state index contributed by atoms with van der Waals surface area (Å²) in [5.74, 6) is 0. The van der Waals surface area contributed by atoms with Crippen molar-refractivity contribution < 1.29 is 13.3 Å². The Hall–Kier alpha value is -1.26. The number of sulfonamides is 1. The normalized spacial score (nSPS) is 16.4. The van der Waals surface area contributed by atoms with Crippen molar-refractivity contribution >= 4 is 27.3 Å². The van der Waals surface area contributed by atoms with E-state index in [1.807, 2.05) is 0 Å². The van der Waals surface area contributed by atoms with E-state index in [2.05, 4.69) is 14.9 Å². The van der Waals surface area contributed by atoms with Crippen molar-refractivity contribution in [2.24, 2.45) is 0 Å². The van der Waals surface area contributed by atoms with E-state index >= 15 is 0 Å². The summed E-state index contributed by atoms with van der Waals surface area (Å²) in [7, 11) is -4.02. The summed E-state index contributed by atoms with van der Waals surface area (Å²) >= 11 is 5.85. The van der Waals surface area contributed by atoms with E-state index in [1.54, 1.807) is 0 Å². The van der Waals surface area contributed by atoms with Crippen LogP contribution in [0.5, 0.6) is 0 Å². The molecule has 128 valence electrons. The Bertz CT molecular complexity index is 662. The predicted octanol–water partition coefficient (Wildman–Crippen LogP) is 0.822.